The lowest BCUT2D eigenvalue weighted by Gasteiger charge is -2.16. The van der Waals surface area contributed by atoms with Crippen molar-refractivity contribution in [2.45, 2.75) is 34.6 Å². The van der Waals surface area contributed by atoms with Crippen LogP contribution in [0.4, 0.5) is 5.82 Å². The third-order valence-corrected chi connectivity index (χ3v) is 4.75. The summed E-state index contributed by atoms with van der Waals surface area (Å²) in [6, 6.07) is 3.84. The normalized spacial score (nSPS) is 10.6. The van der Waals surface area contributed by atoms with E-state index in [9.17, 15) is 4.79 Å². The van der Waals surface area contributed by atoms with Crippen LogP contribution in [0.5, 0.6) is 5.75 Å². The van der Waals surface area contributed by atoms with E-state index in [2.05, 4.69) is 16.8 Å². The summed E-state index contributed by atoms with van der Waals surface area (Å²) in [4.78, 5) is 22.0. The fourth-order valence-corrected chi connectivity index (χ4v) is 3.43. The average Bonchev–Trinajstić information content (AvgIpc) is 2.94. The predicted octanol–water partition coefficient (Wildman–Crippen LogP) is 3.48. The number of nitrogen functional groups attached to an aromatic ring is 1. The first kappa shape index (κ1) is 20.2. The van der Waals surface area contributed by atoms with E-state index in [1.54, 1.807) is 25.5 Å². The first-order valence-corrected chi connectivity index (χ1v) is 9.28. The maximum Gasteiger partial charge on any atom is 0.344 e. The minimum Gasteiger partial charge on any atom is -0.496 e. The molecule has 2 N–H and O–H groups in total. The zero-order chi connectivity index (χ0) is 21.3. The molecule has 0 bridgehead atoms. The molecule has 0 fully saturated rings. The molecule has 0 spiro atoms. The standard InChI is InChI=1S/C22H24N4O3/c1-7-9-15-14(5)24-21-18(25-15)17(22(27)29-8-2)20(23)26(21)19-12(3)10-11-16(28-6)13(19)4/h10-11H,8,23H2,1-6H3. The molecule has 0 radical (unpaired) electrons. The van der Waals surface area contributed by atoms with E-state index in [0.29, 0.717) is 28.3 Å². The van der Waals surface area contributed by atoms with Crippen molar-refractivity contribution < 1.29 is 14.3 Å². The van der Waals surface area contributed by atoms with E-state index in [4.69, 9.17) is 20.2 Å². The minimum atomic E-state index is -0.541. The van der Waals surface area contributed by atoms with Gasteiger partial charge in [-0.2, -0.15) is 0 Å². The van der Waals surface area contributed by atoms with E-state index < -0.39 is 5.97 Å². The van der Waals surface area contributed by atoms with Gasteiger partial charge in [0.1, 0.15) is 28.3 Å². The first-order chi connectivity index (χ1) is 13.8. The summed E-state index contributed by atoms with van der Waals surface area (Å²) >= 11 is 0. The number of rotatable bonds is 4. The molecule has 0 unspecified atom stereocenters. The van der Waals surface area contributed by atoms with Gasteiger partial charge in [-0.25, -0.2) is 14.8 Å². The summed E-state index contributed by atoms with van der Waals surface area (Å²) in [7, 11) is 1.61. The molecule has 0 saturated carbocycles. The van der Waals surface area contributed by atoms with Crippen LogP contribution in [0.1, 0.15) is 46.7 Å². The molecule has 2 aromatic heterocycles. The van der Waals surface area contributed by atoms with Crippen molar-refractivity contribution in [1.29, 1.82) is 0 Å². The molecule has 3 rings (SSSR count). The van der Waals surface area contributed by atoms with Crippen LogP contribution in [0.3, 0.4) is 0 Å². The molecule has 0 aliphatic carbocycles. The Bertz CT molecular complexity index is 1180. The van der Waals surface area contributed by atoms with Gasteiger partial charge in [0, 0.05) is 5.56 Å². The highest BCUT2D eigenvalue weighted by molar-refractivity contribution is 6.08. The number of aromatic nitrogens is 3. The van der Waals surface area contributed by atoms with E-state index in [1.807, 2.05) is 32.9 Å². The lowest BCUT2D eigenvalue weighted by molar-refractivity contribution is 0.0529. The van der Waals surface area contributed by atoms with Gasteiger partial charge in [0.2, 0.25) is 0 Å². The molecule has 0 amide bonds. The van der Waals surface area contributed by atoms with Gasteiger partial charge in [0.25, 0.3) is 0 Å². The van der Waals surface area contributed by atoms with Crippen LogP contribution in [0, 0.1) is 32.6 Å². The quantitative estimate of drug-likeness (QED) is 0.540. The van der Waals surface area contributed by atoms with Crippen molar-refractivity contribution >= 4 is 23.0 Å². The Morgan fingerprint density at radius 3 is 2.59 bits per heavy atom. The lowest BCUT2D eigenvalue weighted by Crippen LogP contribution is -2.10. The van der Waals surface area contributed by atoms with Gasteiger partial charge in [-0.15, -0.1) is 0 Å². The van der Waals surface area contributed by atoms with Crippen LogP contribution in [-0.4, -0.2) is 34.2 Å². The largest absolute Gasteiger partial charge is 0.496 e. The smallest absolute Gasteiger partial charge is 0.344 e. The molecule has 1 aromatic carbocycles. The van der Waals surface area contributed by atoms with Crippen molar-refractivity contribution in [3.8, 4) is 23.3 Å². The number of ether oxygens (including phenoxy) is 2. The second kappa shape index (κ2) is 7.84. The predicted molar refractivity (Wildman–Crippen MR) is 113 cm³/mol. The first-order valence-electron chi connectivity index (χ1n) is 9.28. The maximum atomic E-state index is 12.7. The molecule has 2 heterocycles. The van der Waals surface area contributed by atoms with Crippen LogP contribution >= 0.6 is 0 Å². The van der Waals surface area contributed by atoms with Gasteiger partial charge in [-0.3, -0.25) is 4.57 Å². The summed E-state index contributed by atoms with van der Waals surface area (Å²) in [6.07, 6.45) is 0. The summed E-state index contributed by atoms with van der Waals surface area (Å²) in [5, 5.41) is 0. The molecule has 7 nitrogen and oxygen atoms in total. The van der Waals surface area contributed by atoms with Crippen LogP contribution < -0.4 is 10.5 Å². The third-order valence-electron chi connectivity index (χ3n) is 4.75. The summed E-state index contributed by atoms with van der Waals surface area (Å²) < 4.78 is 12.5. The summed E-state index contributed by atoms with van der Waals surface area (Å²) in [6.45, 7) is 9.42. The Labute approximate surface area is 169 Å². The topological polar surface area (TPSA) is 92.3 Å². The average molecular weight is 392 g/mol. The van der Waals surface area contributed by atoms with Crippen LogP contribution in [0.25, 0.3) is 16.9 Å². The van der Waals surface area contributed by atoms with E-state index >= 15 is 0 Å². The van der Waals surface area contributed by atoms with Gasteiger partial charge in [-0.1, -0.05) is 12.0 Å². The molecule has 0 aliphatic heterocycles. The van der Waals surface area contributed by atoms with Crippen LogP contribution in [0.15, 0.2) is 12.1 Å². The fraction of sp³-hybridized carbons (Fsp3) is 0.318. The van der Waals surface area contributed by atoms with Gasteiger partial charge in [-0.05, 0) is 52.2 Å². The number of esters is 1. The van der Waals surface area contributed by atoms with Crippen LogP contribution in [0.2, 0.25) is 0 Å². The molecule has 7 heteroatoms. The molecule has 150 valence electrons. The highest BCUT2D eigenvalue weighted by Gasteiger charge is 2.27. The monoisotopic (exact) mass is 392 g/mol. The summed E-state index contributed by atoms with van der Waals surface area (Å²) in [5.74, 6) is 6.15. The summed E-state index contributed by atoms with van der Waals surface area (Å²) in [5.41, 5.74) is 11.3. The molecule has 0 saturated heterocycles. The number of nitrogens with two attached hydrogens (primary N) is 1. The maximum absolute atomic E-state index is 12.7. The zero-order valence-electron chi connectivity index (χ0n) is 17.5. The van der Waals surface area contributed by atoms with Gasteiger partial charge >= 0.3 is 5.97 Å². The number of carbonyl (C=O) groups is 1. The Morgan fingerprint density at radius 1 is 1.24 bits per heavy atom. The number of anilines is 1. The van der Waals surface area contributed by atoms with E-state index in [-0.39, 0.29) is 18.0 Å². The number of benzene rings is 1. The second-order valence-electron chi connectivity index (χ2n) is 6.58. The fourth-order valence-electron chi connectivity index (χ4n) is 3.43. The van der Waals surface area contributed by atoms with Crippen LogP contribution in [-0.2, 0) is 4.74 Å². The van der Waals surface area contributed by atoms with Crippen molar-refractivity contribution in [3.63, 3.8) is 0 Å². The third kappa shape index (κ3) is 3.27. The number of hydrogen-bond acceptors (Lipinski definition) is 6. The Morgan fingerprint density at radius 2 is 1.97 bits per heavy atom. The lowest BCUT2D eigenvalue weighted by atomic mass is 10.1. The highest BCUT2D eigenvalue weighted by Crippen LogP contribution is 2.36. The van der Waals surface area contributed by atoms with E-state index in [1.165, 1.54) is 0 Å². The van der Waals surface area contributed by atoms with Gasteiger partial charge in [0.15, 0.2) is 5.65 Å². The Hall–Kier alpha value is -3.53. The van der Waals surface area contributed by atoms with E-state index in [0.717, 1.165) is 16.8 Å². The van der Waals surface area contributed by atoms with Crippen molar-refractivity contribution in [3.05, 3.63) is 40.2 Å². The van der Waals surface area contributed by atoms with Gasteiger partial charge < -0.3 is 15.2 Å². The number of aryl methyl sites for hydroxylation is 2. The highest BCUT2D eigenvalue weighted by atomic mass is 16.5. The second-order valence-corrected chi connectivity index (χ2v) is 6.58. The molecule has 0 atom stereocenters. The molecule has 3 aromatic rings. The molecular formula is C22H24N4O3. The number of nitrogens with zero attached hydrogens (tertiary/aromatic N) is 3. The van der Waals surface area contributed by atoms with Crippen molar-refractivity contribution in [2.75, 3.05) is 19.5 Å². The molecular weight excluding hydrogens is 368 g/mol. The van der Waals surface area contributed by atoms with Crippen molar-refractivity contribution in [2.24, 2.45) is 0 Å². The molecule has 29 heavy (non-hydrogen) atoms. The zero-order valence-corrected chi connectivity index (χ0v) is 17.5. The SMILES string of the molecule is CC#Cc1nc2c(C(=O)OCC)c(N)n(-c3c(C)ccc(OC)c3C)c2nc1C. The number of hydrogen-bond donors (Lipinski definition) is 1. The number of methoxy groups -OCH3 is 1. The van der Waals surface area contributed by atoms with Crippen molar-refractivity contribution in [1.82, 2.24) is 14.5 Å². The Balaban J connectivity index is 2.49. The number of fused-ring (bicyclic) bond motifs is 1. The number of carbonyl (C=O) groups excluding carboxylic acids is 1. The van der Waals surface area contributed by atoms with Gasteiger partial charge in [0.05, 0.1) is 25.1 Å². The molecule has 0 aliphatic rings. The minimum absolute atomic E-state index is 0.190. The Kier molecular flexibility index (Phi) is 5.46.